The molecule has 1 aromatic heterocycles. The van der Waals surface area contributed by atoms with Crippen LogP contribution in [0.3, 0.4) is 0 Å². The highest BCUT2D eigenvalue weighted by atomic mass is 16.5. The normalized spacial score (nSPS) is 17.8. The number of nitrogens with one attached hydrogen (secondary N) is 1. The van der Waals surface area contributed by atoms with E-state index in [0.29, 0.717) is 19.1 Å². The molecule has 1 atom stereocenters. The minimum atomic E-state index is -0.600. The van der Waals surface area contributed by atoms with Crippen molar-refractivity contribution >= 4 is 5.97 Å². The molecule has 1 fully saturated rings. The lowest BCUT2D eigenvalue weighted by atomic mass is 9.92. The molecule has 1 N–H and O–H groups in total. The second-order valence-corrected chi connectivity index (χ2v) is 5.50. The van der Waals surface area contributed by atoms with Gasteiger partial charge in [-0.2, -0.15) is 0 Å². The molecule has 0 saturated heterocycles. The summed E-state index contributed by atoms with van der Waals surface area (Å²) in [4.78, 5) is 16.8. The van der Waals surface area contributed by atoms with E-state index in [1.807, 2.05) is 24.6 Å². The highest BCUT2D eigenvalue weighted by Gasteiger charge is 2.52. The van der Waals surface area contributed by atoms with E-state index in [1.165, 1.54) is 0 Å². The fourth-order valence-corrected chi connectivity index (χ4v) is 2.66. The van der Waals surface area contributed by atoms with E-state index < -0.39 is 5.54 Å². The average Bonchev–Trinajstić information content (AvgIpc) is 3.20. The predicted octanol–water partition coefficient (Wildman–Crippen LogP) is 1.90. The fourth-order valence-electron chi connectivity index (χ4n) is 2.66. The highest BCUT2D eigenvalue weighted by Crippen LogP contribution is 2.41. The van der Waals surface area contributed by atoms with E-state index in [1.54, 1.807) is 6.20 Å². The highest BCUT2D eigenvalue weighted by molar-refractivity contribution is 5.81. The molecule has 112 valence electrons. The summed E-state index contributed by atoms with van der Waals surface area (Å²) >= 11 is 0. The first-order chi connectivity index (χ1) is 9.64. The summed E-state index contributed by atoms with van der Waals surface area (Å²) in [6.07, 6.45) is 6.88. The van der Waals surface area contributed by atoms with Gasteiger partial charge in [0.05, 0.1) is 13.2 Å². The van der Waals surface area contributed by atoms with Crippen molar-refractivity contribution in [1.82, 2.24) is 14.9 Å². The summed E-state index contributed by atoms with van der Waals surface area (Å²) in [5, 5.41) is 3.47. The van der Waals surface area contributed by atoms with Crippen molar-refractivity contribution in [2.24, 2.45) is 5.92 Å². The van der Waals surface area contributed by atoms with Crippen LogP contribution < -0.4 is 5.32 Å². The van der Waals surface area contributed by atoms with Crippen LogP contribution >= 0.6 is 0 Å². The van der Waals surface area contributed by atoms with Crippen LogP contribution in [0.25, 0.3) is 0 Å². The van der Waals surface area contributed by atoms with Crippen molar-refractivity contribution in [2.45, 2.75) is 52.1 Å². The number of ether oxygens (including phenoxy) is 1. The molecular formula is C15H25N3O2. The van der Waals surface area contributed by atoms with Gasteiger partial charge in [0.1, 0.15) is 11.4 Å². The summed E-state index contributed by atoms with van der Waals surface area (Å²) in [6.45, 7) is 7.77. The largest absolute Gasteiger partial charge is 0.465 e. The van der Waals surface area contributed by atoms with Gasteiger partial charge < -0.3 is 14.6 Å². The molecule has 20 heavy (non-hydrogen) atoms. The summed E-state index contributed by atoms with van der Waals surface area (Å²) < 4.78 is 7.40. The van der Waals surface area contributed by atoms with Gasteiger partial charge >= 0.3 is 5.97 Å². The van der Waals surface area contributed by atoms with E-state index in [4.69, 9.17) is 4.74 Å². The predicted molar refractivity (Wildman–Crippen MR) is 77.3 cm³/mol. The van der Waals surface area contributed by atoms with Gasteiger partial charge in [-0.3, -0.25) is 0 Å². The maximum Gasteiger partial charge on any atom is 0.328 e. The van der Waals surface area contributed by atoms with Crippen molar-refractivity contribution in [3.8, 4) is 0 Å². The van der Waals surface area contributed by atoms with Crippen LogP contribution in [0.1, 0.15) is 38.9 Å². The molecule has 0 spiro atoms. The monoisotopic (exact) mass is 279 g/mol. The first-order valence-electron chi connectivity index (χ1n) is 7.54. The van der Waals surface area contributed by atoms with Crippen LogP contribution in [0.5, 0.6) is 0 Å². The molecule has 1 aliphatic carbocycles. The zero-order valence-corrected chi connectivity index (χ0v) is 12.7. The molecule has 5 heteroatoms. The quantitative estimate of drug-likeness (QED) is 0.738. The van der Waals surface area contributed by atoms with Crippen LogP contribution in [0.2, 0.25) is 0 Å². The van der Waals surface area contributed by atoms with Gasteiger partial charge in [-0.25, -0.2) is 9.78 Å². The third-order valence-corrected chi connectivity index (χ3v) is 3.95. The zero-order chi connectivity index (χ0) is 14.6. The second-order valence-electron chi connectivity index (χ2n) is 5.50. The Morgan fingerprint density at radius 3 is 2.80 bits per heavy atom. The van der Waals surface area contributed by atoms with Gasteiger partial charge in [0.2, 0.25) is 0 Å². The lowest BCUT2D eigenvalue weighted by Gasteiger charge is -2.33. The molecule has 0 aromatic carbocycles. The SMILES string of the molecule is CCCNC(Cn1ccnc1C)(C(=O)OCC)C1CC1. The minimum absolute atomic E-state index is 0.121. The Morgan fingerprint density at radius 1 is 1.55 bits per heavy atom. The number of carbonyl (C=O) groups is 1. The third-order valence-electron chi connectivity index (χ3n) is 3.95. The Labute approximate surface area is 120 Å². The van der Waals surface area contributed by atoms with Gasteiger partial charge in [0.25, 0.3) is 0 Å². The van der Waals surface area contributed by atoms with Crippen molar-refractivity contribution in [3.05, 3.63) is 18.2 Å². The van der Waals surface area contributed by atoms with Crippen molar-refractivity contribution < 1.29 is 9.53 Å². The Morgan fingerprint density at radius 2 is 2.30 bits per heavy atom. The van der Waals surface area contributed by atoms with E-state index in [9.17, 15) is 4.79 Å². The Balaban J connectivity index is 2.25. The molecule has 0 radical (unpaired) electrons. The van der Waals surface area contributed by atoms with Crippen LogP contribution in [-0.4, -0.2) is 34.2 Å². The molecule has 1 saturated carbocycles. The number of hydrogen-bond donors (Lipinski definition) is 1. The smallest absolute Gasteiger partial charge is 0.328 e. The number of aryl methyl sites for hydroxylation is 1. The minimum Gasteiger partial charge on any atom is -0.465 e. The Bertz CT molecular complexity index is 454. The summed E-state index contributed by atoms with van der Waals surface area (Å²) in [7, 11) is 0. The number of rotatable bonds is 8. The van der Waals surface area contributed by atoms with Gasteiger partial charge in [-0.1, -0.05) is 6.92 Å². The second kappa shape index (κ2) is 6.39. The average molecular weight is 279 g/mol. The standard InChI is InChI=1S/C15H25N3O2/c1-4-8-17-15(13-6-7-13,14(19)20-5-2)11-18-10-9-16-12(18)3/h9-10,13,17H,4-8,11H2,1-3H3. The van der Waals surface area contributed by atoms with Gasteiger partial charge in [-0.05, 0) is 45.6 Å². The van der Waals surface area contributed by atoms with Crippen molar-refractivity contribution in [1.29, 1.82) is 0 Å². The molecule has 0 aliphatic heterocycles. The van der Waals surface area contributed by atoms with Crippen LogP contribution in [0, 0.1) is 12.8 Å². The Hall–Kier alpha value is -1.36. The van der Waals surface area contributed by atoms with Gasteiger partial charge in [0, 0.05) is 12.4 Å². The maximum atomic E-state index is 12.6. The molecule has 1 aliphatic rings. The number of nitrogens with zero attached hydrogens (tertiary/aromatic N) is 2. The number of hydrogen-bond acceptors (Lipinski definition) is 4. The van der Waals surface area contributed by atoms with E-state index >= 15 is 0 Å². The molecule has 1 aromatic rings. The van der Waals surface area contributed by atoms with E-state index in [2.05, 4.69) is 17.2 Å². The third kappa shape index (κ3) is 3.03. The Kier molecular flexibility index (Phi) is 4.81. The van der Waals surface area contributed by atoms with Gasteiger partial charge in [-0.15, -0.1) is 0 Å². The van der Waals surface area contributed by atoms with Crippen LogP contribution in [-0.2, 0) is 16.1 Å². The summed E-state index contributed by atoms with van der Waals surface area (Å²) in [6, 6.07) is 0. The molecule has 2 rings (SSSR count). The lowest BCUT2D eigenvalue weighted by molar-refractivity contribution is -0.153. The topological polar surface area (TPSA) is 56.2 Å². The zero-order valence-electron chi connectivity index (χ0n) is 12.7. The van der Waals surface area contributed by atoms with Crippen molar-refractivity contribution in [3.63, 3.8) is 0 Å². The van der Waals surface area contributed by atoms with Crippen molar-refractivity contribution in [2.75, 3.05) is 13.2 Å². The molecule has 5 nitrogen and oxygen atoms in total. The molecule has 1 unspecified atom stereocenters. The molecule has 0 amide bonds. The number of aromatic nitrogens is 2. The first-order valence-corrected chi connectivity index (χ1v) is 7.54. The first kappa shape index (κ1) is 15.0. The fraction of sp³-hybridized carbons (Fsp3) is 0.733. The molecule has 0 bridgehead atoms. The van der Waals surface area contributed by atoms with Crippen LogP contribution in [0.15, 0.2) is 12.4 Å². The lowest BCUT2D eigenvalue weighted by Crippen LogP contribution is -2.58. The van der Waals surface area contributed by atoms with Crippen LogP contribution in [0.4, 0.5) is 0 Å². The number of esters is 1. The van der Waals surface area contributed by atoms with E-state index in [0.717, 1.165) is 31.6 Å². The summed E-state index contributed by atoms with van der Waals surface area (Å²) in [5.41, 5.74) is -0.600. The molecule has 1 heterocycles. The van der Waals surface area contributed by atoms with E-state index in [-0.39, 0.29) is 5.97 Å². The molecular weight excluding hydrogens is 254 g/mol. The maximum absolute atomic E-state index is 12.6. The number of imidazole rings is 1. The summed E-state index contributed by atoms with van der Waals surface area (Å²) in [5.74, 6) is 1.18. The van der Waals surface area contributed by atoms with Gasteiger partial charge in [0.15, 0.2) is 0 Å². The number of carbonyl (C=O) groups excluding carboxylic acids is 1.